The Morgan fingerprint density at radius 3 is 2.79 bits per heavy atom. The molecule has 2 N–H and O–H groups in total. The number of carbonyl (C=O) groups excluding carboxylic acids is 1. The van der Waals surface area contributed by atoms with Crippen LogP contribution in [0.25, 0.3) is 10.9 Å². The smallest absolute Gasteiger partial charge is 0.270 e. The Bertz CT molecular complexity index is 750. The zero-order chi connectivity index (χ0) is 17.5. The van der Waals surface area contributed by atoms with Crippen molar-refractivity contribution in [3.8, 4) is 0 Å². The highest BCUT2D eigenvalue weighted by Crippen LogP contribution is 2.22. The maximum absolute atomic E-state index is 12.8. The standard InChI is InChI=1S/C18H24BrN3O2/c1-12-10-21(6-7-22(12)11-18(2,3)24)17(23)16-9-13-8-14(19)4-5-15(13)20-16/h4-5,8-9,12,20,24H,6-7,10-11H2,1-3H3. The van der Waals surface area contributed by atoms with Gasteiger partial charge in [0.15, 0.2) is 0 Å². The van der Waals surface area contributed by atoms with Crippen molar-refractivity contribution in [1.29, 1.82) is 0 Å². The van der Waals surface area contributed by atoms with Gasteiger partial charge in [0.05, 0.1) is 5.60 Å². The summed E-state index contributed by atoms with van der Waals surface area (Å²) >= 11 is 3.46. The predicted molar refractivity (Wildman–Crippen MR) is 99.2 cm³/mol. The number of hydrogen-bond donors (Lipinski definition) is 2. The van der Waals surface area contributed by atoms with E-state index in [1.54, 1.807) is 0 Å². The van der Waals surface area contributed by atoms with Gasteiger partial charge in [0.2, 0.25) is 0 Å². The molecule has 2 heterocycles. The summed E-state index contributed by atoms with van der Waals surface area (Å²) < 4.78 is 1.00. The number of aromatic amines is 1. The molecule has 130 valence electrons. The van der Waals surface area contributed by atoms with E-state index in [4.69, 9.17) is 0 Å². The average molecular weight is 394 g/mol. The van der Waals surface area contributed by atoms with E-state index in [9.17, 15) is 9.90 Å². The number of benzene rings is 1. The molecule has 5 nitrogen and oxygen atoms in total. The molecule has 1 fully saturated rings. The van der Waals surface area contributed by atoms with Crippen LogP contribution in [0.2, 0.25) is 0 Å². The Labute approximate surface area is 150 Å². The molecular formula is C18H24BrN3O2. The number of carbonyl (C=O) groups is 1. The molecule has 1 atom stereocenters. The van der Waals surface area contributed by atoms with E-state index < -0.39 is 5.60 Å². The largest absolute Gasteiger partial charge is 0.389 e. The summed E-state index contributed by atoms with van der Waals surface area (Å²) in [6.07, 6.45) is 0. The van der Waals surface area contributed by atoms with Crippen LogP contribution in [-0.2, 0) is 0 Å². The first-order valence-electron chi connectivity index (χ1n) is 8.27. The summed E-state index contributed by atoms with van der Waals surface area (Å²) in [5.41, 5.74) is 0.881. The van der Waals surface area contributed by atoms with Gasteiger partial charge in [-0.1, -0.05) is 15.9 Å². The summed E-state index contributed by atoms with van der Waals surface area (Å²) in [7, 11) is 0. The first-order chi connectivity index (χ1) is 11.2. The lowest BCUT2D eigenvalue weighted by Crippen LogP contribution is -2.56. The Balaban J connectivity index is 1.71. The van der Waals surface area contributed by atoms with E-state index in [0.717, 1.165) is 21.9 Å². The number of hydrogen-bond acceptors (Lipinski definition) is 3. The summed E-state index contributed by atoms with van der Waals surface area (Å²) in [6.45, 7) is 8.50. The van der Waals surface area contributed by atoms with Crippen molar-refractivity contribution in [2.45, 2.75) is 32.4 Å². The number of H-pyrrole nitrogens is 1. The SMILES string of the molecule is CC1CN(C(=O)c2cc3cc(Br)ccc3[nH]2)CCN1CC(C)(C)O. The summed E-state index contributed by atoms with van der Waals surface area (Å²) in [4.78, 5) is 20.2. The fourth-order valence-electron chi connectivity index (χ4n) is 3.30. The Kier molecular flexibility index (Phi) is 4.73. The molecule has 2 aromatic rings. The van der Waals surface area contributed by atoms with Crippen LogP contribution >= 0.6 is 15.9 Å². The van der Waals surface area contributed by atoms with Crippen LogP contribution in [0.15, 0.2) is 28.7 Å². The van der Waals surface area contributed by atoms with E-state index >= 15 is 0 Å². The fraction of sp³-hybridized carbons (Fsp3) is 0.500. The Hall–Kier alpha value is -1.37. The maximum atomic E-state index is 12.8. The maximum Gasteiger partial charge on any atom is 0.270 e. The third kappa shape index (κ3) is 3.82. The fourth-order valence-corrected chi connectivity index (χ4v) is 3.68. The molecule has 1 unspecified atom stereocenters. The molecule has 1 amide bonds. The van der Waals surface area contributed by atoms with Gasteiger partial charge < -0.3 is 15.0 Å². The summed E-state index contributed by atoms with van der Waals surface area (Å²) in [6, 6.07) is 8.08. The van der Waals surface area contributed by atoms with Crippen molar-refractivity contribution >= 4 is 32.7 Å². The molecule has 0 spiro atoms. The molecule has 3 rings (SSSR count). The van der Waals surface area contributed by atoms with Crippen LogP contribution in [0.4, 0.5) is 0 Å². The molecule has 1 aliphatic rings. The molecule has 6 heteroatoms. The zero-order valence-corrected chi connectivity index (χ0v) is 15.9. The van der Waals surface area contributed by atoms with Crippen molar-refractivity contribution in [1.82, 2.24) is 14.8 Å². The van der Waals surface area contributed by atoms with Crippen LogP contribution in [0, 0.1) is 0 Å². The van der Waals surface area contributed by atoms with E-state index in [-0.39, 0.29) is 11.9 Å². The average Bonchev–Trinajstić information content (AvgIpc) is 2.90. The van der Waals surface area contributed by atoms with E-state index in [0.29, 0.717) is 25.3 Å². The van der Waals surface area contributed by atoms with Crippen molar-refractivity contribution in [3.05, 3.63) is 34.4 Å². The number of halogens is 1. The third-order valence-electron chi connectivity index (χ3n) is 4.46. The number of amides is 1. The Morgan fingerprint density at radius 2 is 2.12 bits per heavy atom. The first-order valence-corrected chi connectivity index (χ1v) is 9.06. The molecule has 0 saturated carbocycles. The molecule has 1 aliphatic heterocycles. The van der Waals surface area contributed by atoms with Crippen molar-refractivity contribution in [2.24, 2.45) is 0 Å². The lowest BCUT2D eigenvalue weighted by molar-refractivity contribution is -0.00154. The topological polar surface area (TPSA) is 59.6 Å². The summed E-state index contributed by atoms with van der Waals surface area (Å²) in [5, 5.41) is 11.0. The normalized spacial score (nSPS) is 19.9. The molecule has 1 aromatic carbocycles. The highest BCUT2D eigenvalue weighted by Gasteiger charge is 2.30. The molecule has 1 aromatic heterocycles. The van der Waals surface area contributed by atoms with Crippen molar-refractivity contribution in [3.63, 3.8) is 0 Å². The Morgan fingerprint density at radius 1 is 1.38 bits per heavy atom. The van der Waals surface area contributed by atoms with Gasteiger partial charge in [-0.25, -0.2) is 0 Å². The quantitative estimate of drug-likeness (QED) is 0.842. The van der Waals surface area contributed by atoms with Crippen LogP contribution in [-0.4, -0.2) is 63.6 Å². The number of aromatic nitrogens is 1. The zero-order valence-electron chi connectivity index (χ0n) is 14.3. The number of fused-ring (bicyclic) bond motifs is 1. The van der Waals surface area contributed by atoms with Crippen LogP contribution < -0.4 is 0 Å². The predicted octanol–water partition coefficient (Wildman–Crippen LogP) is 2.85. The monoisotopic (exact) mass is 393 g/mol. The highest BCUT2D eigenvalue weighted by molar-refractivity contribution is 9.10. The van der Waals surface area contributed by atoms with E-state index in [1.165, 1.54) is 0 Å². The number of β-amino-alcohol motifs (C(OH)–C–C–N with tert-alkyl or cyclic N) is 1. The number of rotatable bonds is 3. The number of nitrogens with one attached hydrogen (secondary N) is 1. The number of nitrogens with zero attached hydrogens (tertiary/aromatic N) is 2. The first kappa shape index (κ1) is 17.5. The second kappa shape index (κ2) is 6.50. The second-order valence-electron chi connectivity index (χ2n) is 7.30. The molecule has 0 aliphatic carbocycles. The van der Waals surface area contributed by atoms with Gasteiger partial charge in [-0.15, -0.1) is 0 Å². The van der Waals surface area contributed by atoms with E-state index in [2.05, 4.69) is 32.7 Å². The van der Waals surface area contributed by atoms with Crippen molar-refractivity contribution < 1.29 is 9.90 Å². The number of piperazine rings is 1. The van der Waals surface area contributed by atoms with E-state index in [1.807, 2.05) is 43.0 Å². The molecule has 24 heavy (non-hydrogen) atoms. The third-order valence-corrected chi connectivity index (χ3v) is 4.95. The minimum Gasteiger partial charge on any atom is -0.389 e. The van der Waals surface area contributed by atoms with Gasteiger partial charge in [-0.3, -0.25) is 9.69 Å². The molecule has 0 radical (unpaired) electrons. The van der Waals surface area contributed by atoms with Crippen molar-refractivity contribution in [2.75, 3.05) is 26.2 Å². The van der Waals surface area contributed by atoms with Gasteiger partial charge in [-0.2, -0.15) is 0 Å². The van der Waals surface area contributed by atoms with Gasteiger partial charge in [0.25, 0.3) is 5.91 Å². The minimum absolute atomic E-state index is 0.0390. The molecular weight excluding hydrogens is 370 g/mol. The lowest BCUT2D eigenvalue weighted by Gasteiger charge is -2.41. The van der Waals surface area contributed by atoms with Crippen LogP contribution in [0.5, 0.6) is 0 Å². The van der Waals surface area contributed by atoms with Crippen LogP contribution in [0.1, 0.15) is 31.3 Å². The lowest BCUT2D eigenvalue weighted by atomic mass is 10.1. The van der Waals surface area contributed by atoms with Gasteiger partial charge >= 0.3 is 0 Å². The van der Waals surface area contributed by atoms with Gasteiger partial charge in [-0.05, 0) is 45.0 Å². The molecule has 1 saturated heterocycles. The van der Waals surface area contributed by atoms with Crippen LogP contribution in [0.3, 0.4) is 0 Å². The number of aliphatic hydroxyl groups is 1. The molecule has 0 bridgehead atoms. The van der Waals surface area contributed by atoms with Gasteiger partial charge in [0.1, 0.15) is 5.69 Å². The second-order valence-corrected chi connectivity index (χ2v) is 8.21. The minimum atomic E-state index is -0.717. The highest BCUT2D eigenvalue weighted by atomic mass is 79.9. The summed E-state index contributed by atoms with van der Waals surface area (Å²) in [5.74, 6) is 0.0390. The van der Waals surface area contributed by atoms with Gasteiger partial charge in [0, 0.05) is 47.6 Å².